The van der Waals surface area contributed by atoms with Crippen molar-refractivity contribution in [2.24, 2.45) is 0 Å². The van der Waals surface area contributed by atoms with Crippen LogP contribution in [0.3, 0.4) is 0 Å². The van der Waals surface area contributed by atoms with E-state index < -0.39 is 10.0 Å². The van der Waals surface area contributed by atoms with Gasteiger partial charge in [0.15, 0.2) is 0 Å². The molecule has 0 bridgehead atoms. The number of anilines is 1. The molecule has 1 aromatic carbocycles. The van der Waals surface area contributed by atoms with Gasteiger partial charge in [-0.05, 0) is 37.3 Å². The second kappa shape index (κ2) is 8.75. The van der Waals surface area contributed by atoms with Gasteiger partial charge >= 0.3 is 0 Å². The summed E-state index contributed by atoms with van der Waals surface area (Å²) in [6, 6.07) is 7.83. The maximum absolute atomic E-state index is 12.9. The lowest BCUT2D eigenvalue weighted by Gasteiger charge is -2.34. The summed E-state index contributed by atoms with van der Waals surface area (Å²) in [5.74, 6) is -0.229. The number of hydrogen-bond acceptors (Lipinski definition) is 5. The fourth-order valence-corrected chi connectivity index (χ4v) is 4.68. The maximum atomic E-state index is 12.9. The molecule has 29 heavy (non-hydrogen) atoms. The van der Waals surface area contributed by atoms with Crippen molar-refractivity contribution in [2.45, 2.75) is 31.2 Å². The number of nitrogens with one attached hydrogen (secondary N) is 1. The van der Waals surface area contributed by atoms with E-state index in [-0.39, 0.29) is 35.8 Å². The first kappa shape index (κ1) is 21.0. The van der Waals surface area contributed by atoms with Gasteiger partial charge in [0.1, 0.15) is 0 Å². The molecule has 9 nitrogen and oxygen atoms in total. The van der Waals surface area contributed by atoms with Crippen molar-refractivity contribution in [1.82, 2.24) is 19.0 Å². The first-order chi connectivity index (χ1) is 13.8. The van der Waals surface area contributed by atoms with Gasteiger partial charge < -0.3 is 10.2 Å². The number of amides is 2. The lowest BCUT2D eigenvalue weighted by atomic mass is 10.2. The smallest absolute Gasteiger partial charge is 0.243 e. The Morgan fingerprint density at radius 2 is 1.79 bits per heavy atom. The normalized spacial score (nSPS) is 16.4. The highest BCUT2D eigenvalue weighted by Crippen LogP contribution is 2.21. The van der Waals surface area contributed by atoms with E-state index in [4.69, 9.17) is 0 Å². The molecule has 10 heteroatoms. The first-order valence-corrected chi connectivity index (χ1v) is 10.9. The zero-order chi connectivity index (χ0) is 21.0. The van der Waals surface area contributed by atoms with Crippen LogP contribution in [0.1, 0.15) is 26.3 Å². The highest BCUT2D eigenvalue weighted by molar-refractivity contribution is 7.89. The second-order valence-corrected chi connectivity index (χ2v) is 8.97. The minimum atomic E-state index is -3.65. The molecule has 1 aliphatic heterocycles. The van der Waals surface area contributed by atoms with Crippen molar-refractivity contribution in [1.29, 1.82) is 0 Å². The molecule has 0 radical (unpaired) electrons. The van der Waals surface area contributed by atoms with E-state index in [9.17, 15) is 18.0 Å². The Balaban J connectivity index is 1.57. The number of benzene rings is 1. The predicted molar refractivity (Wildman–Crippen MR) is 108 cm³/mol. The Hall–Kier alpha value is -2.72. The van der Waals surface area contributed by atoms with Crippen LogP contribution >= 0.6 is 0 Å². The number of piperazine rings is 1. The molecule has 1 N–H and O–H groups in total. The van der Waals surface area contributed by atoms with E-state index in [0.29, 0.717) is 25.2 Å². The molecule has 2 aromatic rings. The molecular weight excluding hydrogens is 394 g/mol. The summed E-state index contributed by atoms with van der Waals surface area (Å²) < 4.78 is 28.8. The zero-order valence-electron chi connectivity index (χ0n) is 16.5. The van der Waals surface area contributed by atoms with Crippen LogP contribution in [-0.2, 0) is 19.6 Å². The fourth-order valence-electron chi connectivity index (χ4n) is 3.26. The van der Waals surface area contributed by atoms with Crippen molar-refractivity contribution >= 4 is 27.5 Å². The van der Waals surface area contributed by atoms with Crippen molar-refractivity contribution in [3.8, 4) is 0 Å². The minimum absolute atomic E-state index is 0.00953. The summed E-state index contributed by atoms with van der Waals surface area (Å²) in [5.41, 5.74) is 0.540. The van der Waals surface area contributed by atoms with Gasteiger partial charge in [-0.1, -0.05) is 0 Å². The molecule has 2 amide bonds. The van der Waals surface area contributed by atoms with Crippen molar-refractivity contribution in [3.63, 3.8) is 0 Å². The van der Waals surface area contributed by atoms with Crippen molar-refractivity contribution in [2.75, 3.05) is 31.5 Å². The summed E-state index contributed by atoms with van der Waals surface area (Å²) in [7, 11) is -3.65. The Kier molecular flexibility index (Phi) is 6.33. The van der Waals surface area contributed by atoms with Crippen LogP contribution in [0.15, 0.2) is 47.6 Å². The highest BCUT2D eigenvalue weighted by Gasteiger charge is 2.30. The average Bonchev–Trinajstić information content (AvgIpc) is 3.23. The Morgan fingerprint density at radius 1 is 1.14 bits per heavy atom. The lowest BCUT2D eigenvalue weighted by Crippen LogP contribution is -2.50. The van der Waals surface area contributed by atoms with E-state index in [0.717, 1.165) is 0 Å². The maximum Gasteiger partial charge on any atom is 0.243 e. The third-order valence-corrected chi connectivity index (χ3v) is 6.76. The third-order valence-electron chi connectivity index (χ3n) is 4.85. The molecule has 0 spiro atoms. The molecule has 1 saturated heterocycles. The highest BCUT2D eigenvalue weighted by atomic mass is 32.2. The molecule has 1 fully saturated rings. The lowest BCUT2D eigenvalue weighted by molar-refractivity contribution is -0.133. The van der Waals surface area contributed by atoms with E-state index >= 15 is 0 Å². The Bertz CT molecular complexity index is 949. The van der Waals surface area contributed by atoms with E-state index in [1.165, 1.54) is 23.4 Å². The number of nitrogens with zero attached hydrogens (tertiary/aromatic N) is 4. The monoisotopic (exact) mass is 419 g/mol. The van der Waals surface area contributed by atoms with Gasteiger partial charge in [-0.3, -0.25) is 14.3 Å². The fraction of sp³-hybridized carbons (Fsp3) is 0.421. The first-order valence-electron chi connectivity index (χ1n) is 9.42. The van der Waals surface area contributed by atoms with Crippen LogP contribution in [0.5, 0.6) is 0 Å². The molecule has 0 unspecified atom stereocenters. The second-order valence-electron chi connectivity index (χ2n) is 7.03. The molecule has 0 aliphatic carbocycles. The molecule has 2 heterocycles. The van der Waals surface area contributed by atoms with Crippen LogP contribution in [0.4, 0.5) is 5.69 Å². The number of hydrogen-bond donors (Lipinski definition) is 1. The van der Waals surface area contributed by atoms with Crippen LogP contribution in [0, 0.1) is 0 Å². The number of carbonyl (C=O) groups is 2. The summed E-state index contributed by atoms with van der Waals surface area (Å²) >= 11 is 0. The molecule has 3 rings (SSSR count). The third kappa shape index (κ3) is 5.01. The SMILES string of the molecule is CC(=O)Nc1ccc(S(=O)(=O)N2CCN(C(=O)C[C@@H](C)n3cccn3)CC2)cc1. The van der Waals surface area contributed by atoms with Crippen LogP contribution in [0.25, 0.3) is 0 Å². The van der Waals surface area contributed by atoms with Crippen LogP contribution in [0.2, 0.25) is 0 Å². The topological polar surface area (TPSA) is 105 Å². The van der Waals surface area contributed by atoms with Gasteiger partial charge in [-0.2, -0.15) is 9.40 Å². The number of sulfonamides is 1. The van der Waals surface area contributed by atoms with Crippen molar-refractivity contribution in [3.05, 3.63) is 42.7 Å². The minimum Gasteiger partial charge on any atom is -0.340 e. The average molecular weight is 420 g/mol. The summed E-state index contributed by atoms with van der Waals surface area (Å²) in [6.07, 6.45) is 3.81. The largest absolute Gasteiger partial charge is 0.340 e. The van der Waals surface area contributed by atoms with Gasteiger partial charge in [-0.25, -0.2) is 8.42 Å². The van der Waals surface area contributed by atoms with Crippen LogP contribution < -0.4 is 5.32 Å². The summed E-state index contributed by atoms with van der Waals surface area (Å²) in [5, 5.41) is 6.76. The molecular formula is C19H25N5O4S. The number of carbonyl (C=O) groups excluding carboxylic acids is 2. The van der Waals surface area contributed by atoms with E-state index in [1.807, 2.05) is 19.2 Å². The zero-order valence-corrected chi connectivity index (χ0v) is 17.3. The quantitative estimate of drug-likeness (QED) is 0.761. The number of rotatable bonds is 6. The van der Waals surface area contributed by atoms with Gasteiger partial charge in [0.25, 0.3) is 0 Å². The molecule has 1 aromatic heterocycles. The van der Waals surface area contributed by atoms with Crippen LogP contribution in [-0.4, -0.2) is 65.4 Å². The summed E-state index contributed by atoms with van der Waals surface area (Å²) in [4.78, 5) is 25.5. The van der Waals surface area contributed by atoms with Gasteiger partial charge in [0.2, 0.25) is 21.8 Å². The molecule has 156 valence electrons. The molecule has 1 aliphatic rings. The molecule has 1 atom stereocenters. The van der Waals surface area contributed by atoms with Crippen molar-refractivity contribution < 1.29 is 18.0 Å². The standard InChI is InChI=1S/C19H25N5O4S/c1-15(24-9-3-8-20-24)14-19(26)22-10-12-23(13-11-22)29(27,28)18-6-4-17(5-7-18)21-16(2)25/h3-9,15H,10-14H2,1-2H3,(H,21,25)/t15-/m1/s1. The Morgan fingerprint density at radius 3 is 2.34 bits per heavy atom. The van der Waals surface area contributed by atoms with Gasteiger partial charge in [0, 0.05) is 57.6 Å². The Labute approximate surface area is 170 Å². The van der Waals surface area contributed by atoms with E-state index in [1.54, 1.807) is 27.9 Å². The predicted octanol–water partition coefficient (Wildman–Crippen LogP) is 1.33. The van der Waals surface area contributed by atoms with Gasteiger partial charge in [-0.15, -0.1) is 0 Å². The van der Waals surface area contributed by atoms with E-state index in [2.05, 4.69) is 10.4 Å². The molecule has 0 saturated carbocycles. The number of aromatic nitrogens is 2. The summed E-state index contributed by atoms with van der Waals surface area (Å²) in [6.45, 7) is 4.52. The van der Waals surface area contributed by atoms with Gasteiger partial charge in [0.05, 0.1) is 10.9 Å².